The van der Waals surface area contributed by atoms with Crippen LogP contribution in [0.5, 0.6) is 0 Å². The number of ether oxygens (including phenoxy) is 2. The van der Waals surface area contributed by atoms with Crippen molar-refractivity contribution >= 4 is 17.2 Å². The van der Waals surface area contributed by atoms with Crippen molar-refractivity contribution in [3.8, 4) is 6.07 Å². The van der Waals surface area contributed by atoms with Gasteiger partial charge in [0.15, 0.2) is 0 Å². The number of aliphatic hydroxyl groups is 2. The molecule has 0 saturated carbocycles. The van der Waals surface area contributed by atoms with Gasteiger partial charge in [-0.1, -0.05) is 13.8 Å². The lowest BCUT2D eigenvalue weighted by Crippen LogP contribution is -2.41. The van der Waals surface area contributed by atoms with Crippen LogP contribution in [-0.2, 0) is 19.9 Å². The fourth-order valence-electron chi connectivity index (χ4n) is 3.20. The highest BCUT2D eigenvalue weighted by Gasteiger charge is 2.57. The molecule has 9 heteroatoms. The fourth-order valence-corrected chi connectivity index (χ4v) is 3.20. The van der Waals surface area contributed by atoms with Crippen LogP contribution in [0.2, 0.25) is 0 Å². The van der Waals surface area contributed by atoms with Crippen LogP contribution in [0.25, 0.3) is 5.52 Å². The summed E-state index contributed by atoms with van der Waals surface area (Å²) >= 11 is 0. The molecule has 4 N–H and O–H groups in total. The smallest absolute Gasteiger partial charge is 0.306 e. The molecular formula is C18H22N4O5. The number of nitrogens with zero attached hydrogens (tertiary/aromatic N) is 3. The Labute approximate surface area is 155 Å². The number of nitrogen functional groups attached to an aromatic ring is 1. The first-order valence-corrected chi connectivity index (χ1v) is 8.63. The van der Waals surface area contributed by atoms with Crippen molar-refractivity contribution in [2.75, 3.05) is 12.3 Å². The molecule has 1 saturated heterocycles. The van der Waals surface area contributed by atoms with Crippen LogP contribution in [0.4, 0.5) is 5.69 Å². The zero-order valence-electron chi connectivity index (χ0n) is 15.1. The molecule has 9 nitrogen and oxygen atoms in total. The minimum absolute atomic E-state index is 0.124. The number of hydrogen-bond acceptors (Lipinski definition) is 8. The summed E-state index contributed by atoms with van der Waals surface area (Å²) in [6.45, 7) is 3.48. The Hall–Kier alpha value is -2.67. The van der Waals surface area contributed by atoms with Crippen LogP contribution in [0.15, 0.2) is 24.4 Å². The molecule has 27 heavy (non-hydrogen) atoms. The molecule has 0 aliphatic carbocycles. The maximum absolute atomic E-state index is 11.8. The molecule has 3 rings (SSSR count). The van der Waals surface area contributed by atoms with E-state index in [-0.39, 0.29) is 24.6 Å². The lowest BCUT2D eigenvalue weighted by molar-refractivity contribution is -0.151. The first-order valence-electron chi connectivity index (χ1n) is 8.63. The summed E-state index contributed by atoms with van der Waals surface area (Å²) in [6.07, 6.45) is -2.34. The maximum atomic E-state index is 11.8. The van der Waals surface area contributed by atoms with Gasteiger partial charge in [0.25, 0.3) is 0 Å². The molecule has 0 unspecified atom stereocenters. The van der Waals surface area contributed by atoms with E-state index in [0.29, 0.717) is 11.2 Å². The number of carbonyl (C=O) groups excluding carboxylic acids is 1. The van der Waals surface area contributed by atoms with Gasteiger partial charge in [-0.05, 0) is 24.1 Å². The number of anilines is 1. The molecule has 2 aromatic heterocycles. The SMILES string of the molecule is CC(C)CC(=O)OC[C@H]1O[C@@](C#N)(c2ccc3c(N)ccnn23)[C@H](O)[C@@H]1O. The first kappa shape index (κ1) is 19.1. The predicted molar refractivity (Wildman–Crippen MR) is 94.2 cm³/mol. The number of nitriles is 1. The van der Waals surface area contributed by atoms with Crippen molar-refractivity contribution in [3.63, 3.8) is 0 Å². The Morgan fingerprint density at radius 1 is 1.48 bits per heavy atom. The lowest BCUT2D eigenvalue weighted by atomic mass is 9.92. The summed E-state index contributed by atoms with van der Waals surface area (Å²) in [5, 5.41) is 34.9. The molecule has 0 bridgehead atoms. The van der Waals surface area contributed by atoms with Crippen molar-refractivity contribution in [3.05, 3.63) is 30.1 Å². The monoisotopic (exact) mass is 374 g/mol. The Balaban J connectivity index is 1.88. The number of nitrogens with two attached hydrogens (primary N) is 1. The van der Waals surface area contributed by atoms with Crippen LogP contribution >= 0.6 is 0 Å². The van der Waals surface area contributed by atoms with Crippen LogP contribution in [0.3, 0.4) is 0 Å². The fraction of sp³-hybridized carbons (Fsp3) is 0.500. The second kappa shape index (κ2) is 7.15. The quantitative estimate of drug-likeness (QED) is 0.636. The second-order valence-corrected chi connectivity index (χ2v) is 7.02. The second-order valence-electron chi connectivity index (χ2n) is 7.02. The van der Waals surface area contributed by atoms with E-state index in [0.717, 1.165) is 0 Å². The average Bonchev–Trinajstić information content (AvgIpc) is 3.15. The van der Waals surface area contributed by atoms with Gasteiger partial charge in [-0.3, -0.25) is 4.79 Å². The number of fused-ring (bicyclic) bond motifs is 1. The van der Waals surface area contributed by atoms with Crippen molar-refractivity contribution in [1.29, 1.82) is 5.26 Å². The number of esters is 1. The van der Waals surface area contributed by atoms with Crippen LogP contribution in [-0.4, -0.2) is 50.7 Å². The molecule has 2 aromatic rings. The third-order valence-corrected chi connectivity index (χ3v) is 4.58. The zero-order chi connectivity index (χ0) is 19.8. The molecule has 1 aliphatic rings. The van der Waals surface area contributed by atoms with Crippen molar-refractivity contribution < 1.29 is 24.5 Å². The van der Waals surface area contributed by atoms with Gasteiger partial charge in [-0.25, -0.2) is 4.52 Å². The minimum Gasteiger partial charge on any atom is -0.463 e. The third-order valence-electron chi connectivity index (χ3n) is 4.58. The summed E-state index contributed by atoms with van der Waals surface area (Å²) in [5.74, 6) is -0.313. The molecular weight excluding hydrogens is 352 g/mol. The van der Waals surface area contributed by atoms with Gasteiger partial charge in [0.1, 0.15) is 31.0 Å². The van der Waals surface area contributed by atoms with E-state index in [4.69, 9.17) is 15.2 Å². The topological polar surface area (TPSA) is 143 Å². The van der Waals surface area contributed by atoms with Gasteiger partial charge in [0.05, 0.1) is 16.9 Å². The average molecular weight is 374 g/mol. The van der Waals surface area contributed by atoms with Crippen LogP contribution < -0.4 is 5.73 Å². The number of rotatable bonds is 5. The Morgan fingerprint density at radius 2 is 2.22 bits per heavy atom. The predicted octanol–water partition coefficient (Wildman–Crippen LogP) is 0.345. The van der Waals surface area contributed by atoms with Gasteiger partial charge < -0.3 is 25.4 Å². The van der Waals surface area contributed by atoms with Crippen LogP contribution in [0, 0.1) is 17.2 Å². The zero-order valence-corrected chi connectivity index (χ0v) is 15.1. The number of aromatic nitrogens is 2. The van der Waals surface area contributed by atoms with E-state index < -0.39 is 29.9 Å². The number of hydrogen-bond donors (Lipinski definition) is 3. The summed E-state index contributed by atoms with van der Waals surface area (Å²) in [4.78, 5) is 11.8. The Morgan fingerprint density at radius 3 is 2.89 bits per heavy atom. The van der Waals surface area contributed by atoms with Gasteiger partial charge in [-0.15, -0.1) is 0 Å². The number of carbonyl (C=O) groups is 1. The summed E-state index contributed by atoms with van der Waals surface area (Å²) in [5.41, 5.74) is 5.25. The highest BCUT2D eigenvalue weighted by molar-refractivity contribution is 5.70. The lowest BCUT2D eigenvalue weighted by Gasteiger charge is -2.24. The van der Waals surface area contributed by atoms with E-state index in [1.807, 2.05) is 19.9 Å². The normalized spacial score (nSPS) is 27.8. The molecule has 4 atom stereocenters. The largest absolute Gasteiger partial charge is 0.463 e. The van der Waals surface area contributed by atoms with Crippen LogP contribution in [0.1, 0.15) is 26.0 Å². The Bertz CT molecular complexity index is 889. The maximum Gasteiger partial charge on any atom is 0.306 e. The van der Waals surface area contributed by atoms with Gasteiger partial charge in [0.2, 0.25) is 5.60 Å². The molecule has 0 amide bonds. The first-order chi connectivity index (χ1) is 12.8. The van der Waals surface area contributed by atoms with Gasteiger partial charge >= 0.3 is 5.97 Å². The number of aliphatic hydroxyl groups excluding tert-OH is 2. The standard InChI is InChI=1S/C18H22N4O5/c1-10(2)7-15(23)26-8-13-16(24)17(25)18(9-19,27-13)14-4-3-12-11(20)5-6-21-22(12)14/h3-6,10,13,16-17,24-25H,7-8,20H2,1-2H3/t13-,16-,17-,18+/m1/s1. The summed E-state index contributed by atoms with van der Waals surface area (Å²) in [7, 11) is 0. The molecule has 0 aromatic carbocycles. The van der Waals surface area contributed by atoms with Crippen molar-refractivity contribution in [2.45, 2.75) is 44.2 Å². The van der Waals surface area contributed by atoms with Gasteiger partial charge in [-0.2, -0.15) is 10.4 Å². The van der Waals surface area contributed by atoms with Crippen molar-refractivity contribution in [1.82, 2.24) is 9.61 Å². The van der Waals surface area contributed by atoms with E-state index >= 15 is 0 Å². The molecule has 1 fully saturated rings. The molecule has 144 valence electrons. The van der Waals surface area contributed by atoms with E-state index in [2.05, 4.69) is 5.10 Å². The summed E-state index contributed by atoms with van der Waals surface area (Å²) < 4.78 is 12.3. The third kappa shape index (κ3) is 3.23. The molecule has 1 aliphatic heterocycles. The van der Waals surface area contributed by atoms with Gasteiger partial charge in [0, 0.05) is 12.6 Å². The highest BCUT2D eigenvalue weighted by Crippen LogP contribution is 2.40. The van der Waals surface area contributed by atoms with E-state index in [1.165, 1.54) is 10.7 Å². The molecule has 0 spiro atoms. The molecule has 0 radical (unpaired) electrons. The van der Waals surface area contributed by atoms with E-state index in [1.54, 1.807) is 18.2 Å². The van der Waals surface area contributed by atoms with E-state index in [9.17, 15) is 20.3 Å². The highest BCUT2D eigenvalue weighted by atomic mass is 16.6. The Kier molecular flexibility index (Phi) is 5.06. The molecule has 3 heterocycles. The summed E-state index contributed by atoms with van der Waals surface area (Å²) in [6, 6.07) is 6.76. The van der Waals surface area contributed by atoms with Crippen molar-refractivity contribution in [2.24, 2.45) is 5.92 Å². The minimum atomic E-state index is -1.87.